The van der Waals surface area contributed by atoms with Crippen molar-refractivity contribution in [2.24, 2.45) is 0 Å². The van der Waals surface area contributed by atoms with Crippen LogP contribution in [-0.2, 0) is 16.0 Å². The highest BCUT2D eigenvalue weighted by molar-refractivity contribution is 6.01. The van der Waals surface area contributed by atoms with Crippen molar-refractivity contribution in [1.82, 2.24) is 10.6 Å². The van der Waals surface area contributed by atoms with Gasteiger partial charge >= 0.3 is 5.97 Å². The number of carbonyl (C=O) groups is 3. The average molecular weight is 418 g/mol. The van der Waals surface area contributed by atoms with Gasteiger partial charge in [-0.25, -0.2) is 4.79 Å². The van der Waals surface area contributed by atoms with Gasteiger partial charge in [-0.15, -0.1) is 0 Å². The molecule has 3 N–H and O–H groups in total. The summed E-state index contributed by atoms with van der Waals surface area (Å²) < 4.78 is 0. The smallest absolute Gasteiger partial charge is 0.326 e. The highest BCUT2D eigenvalue weighted by Gasteiger charge is 2.26. The third-order valence-corrected chi connectivity index (χ3v) is 5.11. The minimum atomic E-state index is -1.09. The summed E-state index contributed by atoms with van der Waals surface area (Å²) in [6.45, 7) is 1.85. The minimum Gasteiger partial charge on any atom is -0.480 e. The Morgan fingerprint density at radius 1 is 0.839 bits per heavy atom. The minimum absolute atomic E-state index is 0.254. The van der Waals surface area contributed by atoms with Gasteiger partial charge in [0, 0.05) is 12.0 Å². The molecule has 2 amide bonds. The summed E-state index contributed by atoms with van der Waals surface area (Å²) in [5.41, 5.74) is 1.30. The van der Waals surface area contributed by atoms with Crippen LogP contribution in [0.5, 0.6) is 0 Å². The Kier molecular flexibility index (Phi) is 7.38. The van der Waals surface area contributed by atoms with Crippen molar-refractivity contribution in [1.29, 1.82) is 0 Å². The van der Waals surface area contributed by atoms with E-state index in [2.05, 4.69) is 10.6 Å². The first-order valence-electron chi connectivity index (χ1n) is 10.3. The Bertz CT molecular complexity index is 1070. The van der Waals surface area contributed by atoms with E-state index >= 15 is 0 Å². The molecule has 0 aliphatic rings. The molecule has 6 nitrogen and oxygen atoms in total. The fourth-order valence-electron chi connectivity index (χ4n) is 3.45. The Morgan fingerprint density at radius 2 is 1.52 bits per heavy atom. The van der Waals surface area contributed by atoms with Gasteiger partial charge in [0.25, 0.3) is 5.91 Å². The number of nitrogens with one attached hydrogen (secondary N) is 2. The lowest BCUT2D eigenvalue weighted by molar-refractivity contribution is -0.142. The molecule has 0 aromatic heterocycles. The molecule has 0 aliphatic heterocycles. The van der Waals surface area contributed by atoms with Crippen LogP contribution in [0, 0.1) is 0 Å². The first-order chi connectivity index (χ1) is 15.0. The molecule has 2 atom stereocenters. The summed E-state index contributed by atoms with van der Waals surface area (Å²) in [5, 5.41) is 16.7. The summed E-state index contributed by atoms with van der Waals surface area (Å²) in [7, 11) is 0. The maximum Gasteiger partial charge on any atom is 0.326 e. The van der Waals surface area contributed by atoms with E-state index < -0.39 is 24.0 Å². The van der Waals surface area contributed by atoms with Crippen LogP contribution < -0.4 is 10.6 Å². The number of hydrogen-bond donors (Lipinski definition) is 3. The second kappa shape index (κ2) is 10.4. The largest absolute Gasteiger partial charge is 0.480 e. The molecule has 0 aliphatic carbocycles. The molecule has 0 saturated carbocycles. The number of carboxylic acid groups (broad SMARTS) is 1. The Labute approximate surface area is 181 Å². The van der Waals surface area contributed by atoms with Crippen molar-refractivity contribution in [2.45, 2.75) is 38.3 Å². The quantitative estimate of drug-likeness (QED) is 0.495. The van der Waals surface area contributed by atoms with E-state index in [0.717, 1.165) is 16.3 Å². The van der Waals surface area contributed by atoms with E-state index in [0.29, 0.717) is 18.4 Å². The zero-order valence-electron chi connectivity index (χ0n) is 17.4. The van der Waals surface area contributed by atoms with Crippen LogP contribution >= 0.6 is 0 Å². The number of carbonyl (C=O) groups excluding carboxylic acids is 2. The summed E-state index contributed by atoms with van der Waals surface area (Å²) in [6, 6.07) is 20.5. The Morgan fingerprint density at radius 3 is 2.19 bits per heavy atom. The first kappa shape index (κ1) is 22.0. The van der Waals surface area contributed by atoms with Crippen LogP contribution in [0.15, 0.2) is 72.8 Å². The average Bonchev–Trinajstić information content (AvgIpc) is 2.78. The molecule has 6 heteroatoms. The van der Waals surface area contributed by atoms with Crippen molar-refractivity contribution in [2.75, 3.05) is 0 Å². The monoisotopic (exact) mass is 418 g/mol. The normalized spacial score (nSPS) is 12.7. The van der Waals surface area contributed by atoms with Gasteiger partial charge in [-0.3, -0.25) is 9.59 Å². The first-order valence-corrected chi connectivity index (χ1v) is 10.3. The standard InChI is InChI=1S/C25H26N2O4/c1-2-8-21(25(30)31)26-24(29)22(15-17-9-4-3-5-10-17)27-23(28)20-14-13-18-11-6-7-12-19(18)16-20/h3-7,9-14,16,21-22H,2,8,15H2,1H3,(H,26,29)(H,27,28)(H,30,31)/t21-,22+/m0/s1. The zero-order valence-corrected chi connectivity index (χ0v) is 17.4. The topological polar surface area (TPSA) is 95.5 Å². The van der Waals surface area contributed by atoms with E-state index in [1.807, 2.05) is 67.6 Å². The van der Waals surface area contributed by atoms with Gasteiger partial charge in [-0.05, 0) is 34.9 Å². The van der Waals surface area contributed by atoms with Crippen molar-refractivity contribution < 1.29 is 19.5 Å². The van der Waals surface area contributed by atoms with Crippen molar-refractivity contribution >= 4 is 28.6 Å². The summed E-state index contributed by atoms with van der Waals surface area (Å²) in [4.78, 5) is 37.3. The molecule has 0 bridgehead atoms. The zero-order chi connectivity index (χ0) is 22.2. The van der Waals surface area contributed by atoms with Crippen LogP contribution in [-0.4, -0.2) is 35.0 Å². The van der Waals surface area contributed by atoms with E-state index in [1.54, 1.807) is 12.1 Å². The fourth-order valence-corrected chi connectivity index (χ4v) is 3.45. The molecule has 0 spiro atoms. The van der Waals surface area contributed by atoms with Gasteiger partial charge in [0.1, 0.15) is 12.1 Å². The van der Waals surface area contributed by atoms with Gasteiger partial charge in [0.05, 0.1) is 0 Å². The number of amides is 2. The molecule has 160 valence electrons. The number of aliphatic carboxylic acids is 1. The van der Waals surface area contributed by atoms with E-state index in [-0.39, 0.29) is 12.3 Å². The molecule has 3 aromatic rings. The molecule has 31 heavy (non-hydrogen) atoms. The van der Waals surface area contributed by atoms with Gasteiger partial charge in [0.2, 0.25) is 5.91 Å². The predicted octanol–water partition coefficient (Wildman–Crippen LogP) is 3.55. The molecular weight excluding hydrogens is 392 g/mol. The van der Waals surface area contributed by atoms with Crippen LogP contribution in [0.25, 0.3) is 10.8 Å². The van der Waals surface area contributed by atoms with Gasteiger partial charge in [-0.1, -0.05) is 74.0 Å². The Balaban J connectivity index is 1.81. The van der Waals surface area contributed by atoms with Crippen molar-refractivity contribution in [3.8, 4) is 0 Å². The molecule has 0 heterocycles. The lowest BCUT2D eigenvalue weighted by atomic mass is 10.0. The van der Waals surface area contributed by atoms with E-state index in [4.69, 9.17) is 0 Å². The Hall–Kier alpha value is -3.67. The van der Waals surface area contributed by atoms with Crippen LogP contribution in [0.2, 0.25) is 0 Å². The molecule has 0 saturated heterocycles. The van der Waals surface area contributed by atoms with Gasteiger partial charge < -0.3 is 15.7 Å². The molecule has 0 fully saturated rings. The second-order valence-electron chi connectivity index (χ2n) is 7.47. The number of carboxylic acids is 1. The van der Waals surface area contributed by atoms with Crippen molar-refractivity contribution in [3.05, 3.63) is 83.9 Å². The van der Waals surface area contributed by atoms with Crippen LogP contribution in [0.4, 0.5) is 0 Å². The number of rotatable bonds is 9. The lowest BCUT2D eigenvalue weighted by Gasteiger charge is -2.21. The van der Waals surface area contributed by atoms with Crippen LogP contribution in [0.3, 0.4) is 0 Å². The molecular formula is C25H26N2O4. The molecule has 0 radical (unpaired) electrons. The third-order valence-electron chi connectivity index (χ3n) is 5.11. The summed E-state index contributed by atoms with van der Waals surface area (Å²) in [5.74, 6) is -1.99. The van der Waals surface area contributed by atoms with E-state index in [9.17, 15) is 19.5 Å². The predicted molar refractivity (Wildman–Crippen MR) is 120 cm³/mol. The van der Waals surface area contributed by atoms with Gasteiger partial charge in [-0.2, -0.15) is 0 Å². The van der Waals surface area contributed by atoms with Crippen LogP contribution in [0.1, 0.15) is 35.7 Å². The van der Waals surface area contributed by atoms with E-state index in [1.165, 1.54) is 0 Å². The molecule has 0 unspecified atom stereocenters. The summed E-state index contributed by atoms with van der Waals surface area (Å²) in [6.07, 6.45) is 1.19. The fraction of sp³-hybridized carbons (Fsp3) is 0.240. The maximum absolute atomic E-state index is 12.9. The highest BCUT2D eigenvalue weighted by Crippen LogP contribution is 2.16. The maximum atomic E-state index is 12.9. The molecule has 3 rings (SSSR count). The SMILES string of the molecule is CCC[C@H](NC(=O)[C@@H](Cc1ccccc1)NC(=O)c1ccc2ccccc2c1)C(=O)O. The number of fused-ring (bicyclic) bond motifs is 1. The summed E-state index contributed by atoms with van der Waals surface area (Å²) >= 11 is 0. The highest BCUT2D eigenvalue weighted by atomic mass is 16.4. The van der Waals surface area contributed by atoms with Gasteiger partial charge in [0.15, 0.2) is 0 Å². The molecule has 3 aromatic carbocycles. The second-order valence-corrected chi connectivity index (χ2v) is 7.47. The number of hydrogen-bond acceptors (Lipinski definition) is 3. The van der Waals surface area contributed by atoms with Crippen molar-refractivity contribution in [3.63, 3.8) is 0 Å². The third kappa shape index (κ3) is 5.92. The number of benzene rings is 3. The lowest BCUT2D eigenvalue weighted by Crippen LogP contribution is -2.52.